The summed E-state index contributed by atoms with van der Waals surface area (Å²) in [6.45, 7) is 2.51. The zero-order chi connectivity index (χ0) is 10.5. The van der Waals surface area contributed by atoms with Crippen LogP contribution in [0.4, 0.5) is 0 Å². The van der Waals surface area contributed by atoms with Gasteiger partial charge in [-0.3, -0.25) is 4.79 Å². The van der Waals surface area contributed by atoms with Crippen LogP contribution in [-0.4, -0.2) is 35.1 Å². The van der Waals surface area contributed by atoms with Gasteiger partial charge < -0.3 is 10.6 Å². The zero-order valence-corrected chi connectivity index (χ0v) is 10.2. The third-order valence-corrected chi connectivity index (χ3v) is 2.88. The molecule has 1 amide bonds. The Balaban J connectivity index is 0.00000128. The first-order valence-electron chi connectivity index (χ1n) is 4.80. The maximum Gasteiger partial charge on any atom is 0.264 e. The first kappa shape index (κ1) is 13.1. The third-order valence-electron chi connectivity index (χ3n) is 2.22. The van der Waals surface area contributed by atoms with E-state index in [-0.39, 0.29) is 18.3 Å². The van der Waals surface area contributed by atoms with Crippen LogP contribution in [0.3, 0.4) is 0 Å². The Labute approximate surface area is 104 Å². The standard InChI is InChI=1S/C9H12N4OS.ClH/c14-9(8-6-12-13-15-8)11-5-7-1-3-10-4-2-7;/h1,6,10H,2-5H2,(H,11,14);1H. The van der Waals surface area contributed by atoms with Gasteiger partial charge in [-0.2, -0.15) is 0 Å². The summed E-state index contributed by atoms with van der Waals surface area (Å²) in [5.41, 5.74) is 1.28. The Morgan fingerprint density at radius 3 is 3.12 bits per heavy atom. The van der Waals surface area contributed by atoms with E-state index in [1.807, 2.05) is 0 Å². The van der Waals surface area contributed by atoms with Crippen molar-refractivity contribution in [3.8, 4) is 0 Å². The molecule has 5 nitrogen and oxygen atoms in total. The minimum atomic E-state index is -0.0931. The summed E-state index contributed by atoms with van der Waals surface area (Å²) >= 11 is 1.11. The zero-order valence-electron chi connectivity index (χ0n) is 8.60. The van der Waals surface area contributed by atoms with Gasteiger partial charge >= 0.3 is 0 Å². The van der Waals surface area contributed by atoms with E-state index in [2.05, 4.69) is 26.3 Å². The molecule has 0 aromatic carbocycles. The van der Waals surface area contributed by atoms with E-state index in [1.165, 1.54) is 11.8 Å². The predicted octanol–water partition coefficient (Wildman–Crippen LogP) is 0.609. The number of hydrogen-bond acceptors (Lipinski definition) is 5. The quantitative estimate of drug-likeness (QED) is 0.782. The number of aromatic nitrogens is 2. The van der Waals surface area contributed by atoms with Crippen LogP contribution in [0.2, 0.25) is 0 Å². The van der Waals surface area contributed by atoms with Gasteiger partial charge in [0.1, 0.15) is 4.88 Å². The Morgan fingerprint density at radius 1 is 1.62 bits per heavy atom. The Bertz CT molecular complexity index is 366. The lowest BCUT2D eigenvalue weighted by Crippen LogP contribution is -2.29. The smallest absolute Gasteiger partial charge is 0.264 e. The highest BCUT2D eigenvalue weighted by molar-refractivity contribution is 7.07. The van der Waals surface area contributed by atoms with Crippen LogP contribution in [0.5, 0.6) is 0 Å². The number of halogens is 1. The topological polar surface area (TPSA) is 66.9 Å². The molecule has 0 spiro atoms. The molecule has 0 aliphatic carbocycles. The Kier molecular flexibility index (Phi) is 5.37. The minimum Gasteiger partial charge on any atom is -0.347 e. The Morgan fingerprint density at radius 2 is 2.50 bits per heavy atom. The number of rotatable bonds is 3. The summed E-state index contributed by atoms with van der Waals surface area (Å²) in [5, 5.41) is 9.69. The van der Waals surface area contributed by atoms with Crippen molar-refractivity contribution in [1.29, 1.82) is 0 Å². The van der Waals surface area contributed by atoms with Gasteiger partial charge in [-0.05, 0) is 24.5 Å². The molecule has 0 atom stereocenters. The first-order chi connectivity index (χ1) is 7.36. The molecular weight excluding hydrogens is 248 g/mol. The maximum absolute atomic E-state index is 11.5. The predicted molar refractivity (Wildman–Crippen MR) is 65.1 cm³/mol. The van der Waals surface area contributed by atoms with Crippen LogP contribution < -0.4 is 10.6 Å². The largest absolute Gasteiger partial charge is 0.347 e. The number of hydrogen-bond donors (Lipinski definition) is 2. The first-order valence-corrected chi connectivity index (χ1v) is 5.58. The van der Waals surface area contributed by atoms with Crippen molar-refractivity contribution < 1.29 is 4.79 Å². The number of nitrogens with one attached hydrogen (secondary N) is 2. The summed E-state index contributed by atoms with van der Waals surface area (Å²) in [6.07, 6.45) is 4.60. The lowest BCUT2D eigenvalue weighted by Gasteiger charge is -2.13. The van der Waals surface area contributed by atoms with E-state index in [0.717, 1.165) is 31.0 Å². The van der Waals surface area contributed by atoms with Crippen LogP contribution >= 0.6 is 23.9 Å². The highest BCUT2D eigenvalue weighted by Gasteiger charge is 2.09. The van der Waals surface area contributed by atoms with Gasteiger partial charge in [0.2, 0.25) is 0 Å². The van der Waals surface area contributed by atoms with Crippen molar-refractivity contribution >= 4 is 29.8 Å². The second-order valence-corrected chi connectivity index (χ2v) is 4.07. The molecular formula is C9H13ClN4OS. The van der Waals surface area contributed by atoms with Crippen molar-refractivity contribution in [3.63, 3.8) is 0 Å². The van der Waals surface area contributed by atoms with Crippen molar-refractivity contribution in [3.05, 3.63) is 22.7 Å². The highest BCUT2D eigenvalue weighted by atomic mass is 35.5. The SMILES string of the molecule is Cl.O=C(NCC1=CCNCC1)c1cnns1. The van der Waals surface area contributed by atoms with E-state index in [9.17, 15) is 4.79 Å². The van der Waals surface area contributed by atoms with Gasteiger partial charge in [-0.1, -0.05) is 16.1 Å². The molecule has 0 bridgehead atoms. The van der Waals surface area contributed by atoms with Gasteiger partial charge in [0.15, 0.2) is 0 Å². The molecule has 0 saturated carbocycles. The van der Waals surface area contributed by atoms with Gasteiger partial charge in [-0.15, -0.1) is 17.5 Å². The Hall–Kier alpha value is -0.980. The molecule has 2 rings (SSSR count). The highest BCUT2D eigenvalue weighted by Crippen LogP contribution is 2.04. The van der Waals surface area contributed by atoms with Crippen LogP contribution in [0.15, 0.2) is 17.8 Å². The molecule has 0 unspecified atom stereocenters. The molecule has 1 aliphatic rings. The van der Waals surface area contributed by atoms with E-state index in [1.54, 1.807) is 0 Å². The second-order valence-electron chi connectivity index (χ2n) is 3.28. The van der Waals surface area contributed by atoms with E-state index >= 15 is 0 Å². The third kappa shape index (κ3) is 3.55. The normalized spacial score (nSPS) is 14.9. The average Bonchev–Trinajstić information content (AvgIpc) is 2.81. The molecule has 88 valence electrons. The van der Waals surface area contributed by atoms with Gasteiger partial charge in [0.25, 0.3) is 5.91 Å². The fourth-order valence-electron chi connectivity index (χ4n) is 1.38. The monoisotopic (exact) mass is 260 g/mol. The number of amides is 1. The minimum absolute atomic E-state index is 0. The van der Waals surface area contributed by atoms with Crippen LogP contribution in [0.1, 0.15) is 16.1 Å². The number of carbonyl (C=O) groups excluding carboxylic acids is 1. The van der Waals surface area contributed by atoms with Crippen molar-refractivity contribution in [1.82, 2.24) is 20.2 Å². The van der Waals surface area contributed by atoms with Crippen LogP contribution in [0, 0.1) is 0 Å². The maximum atomic E-state index is 11.5. The van der Waals surface area contributed by atoms with Crippen LogP contribution in [-0.2, 0) is 0 Å². The molecule has 2 heterocycles. The molecule has 1 aliphatic heterocycles. The molecule has 2 N–H and O–H groups in total. The van der Waals surface area contributed by atoms with E-state index in [4.69, 9.17) is 0 Å². The molecule has 0 fully saturated rings. The molecule has 0 radical (unpaired) electrons. The van der Waals surface area contributed by atoms with E-state index < -0.39 is 0 Å². The fourth-order valence-corrected chi connectivity index (χ4v) is 1.81. The van der Waals surface area contributed by atoms with Gasteiger partial charge in [-0.25, -0.2) is 0 Å². The van der Waals surface area contributed by atoms with Crippen molar-refractivity contribution in [2.75, 3.05) is 19.6 Å². The summed E-state index contributed by atoms with van der Waals surface area (Å²) < 4.78 is 3.64. The number of nitrogens with zero attached hydrogens (tertiary/aromatic N) is 2. The van der Waals surface area contributed by atoms with E-state index in [0.29, 0.717) is 11.4 Å². The molecule has 1 aromatic heterocycles. The molecule has 7 heteroatoms. The molecule has 0 saturated heterocycles. The fraction of sp³-hybridized carbons (Fsp3) is 0.444. The molecule has 1 aromatic rings. The molecule has 16 heavy (non-hydrogen) atoms. The van der Waals surface area contributed by atoms with Crippen molar-refractivity contribution in [2.24, 2.45) is 0 Å². The lowest BCUT2D eigenvalue weighted by molar-refractivity contribution is 0.0960. The summed E-state index contributed by atoms with van der Waals surface area (Å²) in [7, 11) is 0. The average molecular weight is 261 g/mol. The summed E-state index contributed by atoms with van der Waals surface area (Å²) in [6, 6.07) is 0. The van der Waals surface area contributed by atoms with Gasteiger partial charge in [0, 0.05) is 13.1 Å². The van der Waals surface area contributed by atoms with Crippen molar-refractivity contribution in [2.45, 2.75) is 6.42 Å². The summed E-state index contributed by atoms with van der Waals surface area (Å²) in [5.74, 6) is -0.0931. The summed E-state index contributed by atoms with van der Waals surface area (Å²) in [4.78, 5) is 12.1. The second kappa shape index (κ2) is 6.57. The lowest BCUT2D eigenvalue weighted by atomic mass is 10.1. The van der Waals surface area contributed by atoms with Gasteiger partial charge in [0.05, 0.1) is 6.20 Å². The number of carbonyl (C=O) groups is 1. The van der Waals surface area contributed by atoms with Crippen LogP contribution in [0.25, 0.3) is 0 Å².